The van der Waals surface area contributed by atoms with Crippen molar-refractivity contribution in [3.05, 3.63) is 48.5 Å². The summed E-state index contributed by atoms with van der Waals surface area (Å²) >= 11 is 1.56. The number of aliphatic hydroxyl groups is 2. The Morgan fingerprint density at radius 2 is 1.97 bits per heavy atom. The quantitative estimate of drug-likeness (QED) is 0.537. The van der Waals surface area contributed by atoms with Crippen LogP contribution >= 0.6 is 11.8 Å². The number of hydrogen-bond acceptors (Lipinski definition) is 8. The van der Waals surface area contributed by atoms with E-state index in [1.807, 2.05) is 24.5 Å². The van der Waals surface area contributed by atoms with Crippen molar-refractivity contribution in [1.82, 2.24) is 19.5 Å². The van der Waals surface area contributed by atoms with E-state index < -0.39 is 24.5 Å². The molecule has 1 aromatic carbocycles. The smallest absolute Gasteiger partial charge is 0.167 e. The lowest BCUT2D eigenvalue weighted by Gasteiger charge is -2.17. The summed E-state index contributed by atoms with van der Waals surface area (Å²) in [5.41, 5.74) is 2.39. The van der Waals surface area contributed by atoms with E-state index in [-0.39, 0.29) is 6.04 Å². The molecule has 3 aromatic rings. The number of aromatic nitrogens is 4. The molecule has 0 amide bonds. The van der Waals surface area contributed by atoms with Crippen LogP contribution in [0.5, 0.6) is 0 Å². The molecule has 8 nitrogen and oxygen atoms in total. The van der Waals surface area contributed by atoms with E-state index in [1.165, 1.54) is 11.9 Å². The molecule has 0 aliphatic carbocycles. The first-order valence-electron chi connectivity index (χ1n) is 9.57. The van der Waals surface area contributed by atoms with Crippen molar-refractivity contribution in [1.29, 1.82) is 0 Å². The fourth-order valence-corrected chi connectivity index (χ4v) is 4.26. The Morgan fingerprint density at radius 1 is 1.17 bits per heavy atom. The van der Waals surface area contributed by atoms with Crippen LogP contribution in [0.2, 0.25) is 0 Å². The summed E-state index contributed by atoms with van der Waals surface area (Å²) in [6, 6.07) is 10.4. The van der Waals surface area contributed by atoms with E-state index in [1.54, 1.807) is 22.7 Å². The number of aliphatic hydroxyl groups excluding tert-OH is 2. The maximum atomic E-state index is 10.5. The Kier molecular flexibility index (Phi) is 6.00. The van der Waals surface area contributed by atoms with Gasteiger partial charge in [0.15, 0.2) is 23.2 Å². The lowest BCUT2D eigenvalue weighted by molar-refractivity contribution is -0.0288. The third-order valence-corrected chi connectivity index (χ3v) is 5.73. The summed E-state index contributed by atoms with van der Waals surface area (Å²) in [5.74, 6) is 1.23. The molecule has 2 aromatic heterocycles. The van der Waals surface area contributed by atoms with Crippen molar-refractivity contribution < 1.29 is 14.9 Å². The standard InChI is InChI=1S/C20H25N5O3S/c1-12(8-13-6-4-3-5-7-13)24-18-15-19(22-10-21-18)25(11-23-15)20-17(27)16(26)14(28-20)9-29-2/h3-7,10-12,14,16-17,20,26-27H,8-9H2,1-2H3,(H,21,22,24)/t12?,14-,16?,17?,20-/m1/s1. The predicted octanol–water partition coefficient (Wildman–Crippen LogP) is 1.85. The highest BCUT2D eigenvalue weighted by molar-refractivity contribution is 7.98. The van der Waals surface area contributed by atoms with Crippen LogP contribution in [-0.2, 0) is 11.2 Å². The molecular weight excluding hydrogens is 390 g/mol. The van der Waals surface area contributed by atoms with Gasteiger partial charge >= 0.3 is 0 Å². The molecule has 3 N–H and O–H groups in total. The number of imidazole rings is 1. The lowest BCUT2D eigenvalue weighted by Crippen LogP contribution is -2.32. The van der Waals surface area contributed by atoms with Crippen LogP contribution in [0.25, 0.3) is 11.2 Å². The second kappa shape index (κ2) is 8.66. The number of anilines is 1. The van der Waals surface area contributed by atoms with Crippen LogP contribution in [0.4, 0.5) is 5.82 Å². The molecule has 1 saturated heterocycles. The molecule has 3 unspecified atom stereocenters. The van der Waals surface area contributed by atoms with Crippen LogP contribution in [0, 0.1) is 0 Å². The first kappa shape index (κ1) is 20.1. The fraction of sp³-hybridized carbons (Fsp3) is 0.450. The second-order valence-corrected chi connectivity index (χ2v) is 8.19. The molecule has 0 spiro atoms. The minimum absolute atomic E-state index is 0.141. The topological polar surface area (TPSA) is 105 Å². The molecule has 0 bridgehead atoms. The second-order valence-electron chi connectivity index (χ2n) is 7.28. The third kappa shape index (κ3) is 4.09. The summed E-state index contributed by atoms with van der Waals surface area (Å²) in [7, 11) is 0. The molecule has 0 saturated carbocycles. The molecular formula is C20H25N5O3S. The zero-order chi connectivity index (χ0) is 20.4. The summed E-state index contributed by atoms with van der Waals surface area (Å²) < 4.78 is 7.57. The molecule has 1 aliphatic rings. The molecule has 4 rings (SSSR count). The predicted molar refractivity (Wildman–Crippen MR) is 113 cm³/mol. The van der Waals surface area contributed by atoms with Gasteiger partial charge in [-0.2, -0.15) is 11.8 Å². The van der Waals surface area contributed by atoms with Gasteiger partial charge < -0.3 is 20.3 Å². The molecule has 0 radical (unpaired) electrons. The highest BCUT2D eigenvalue weighted by atomic mass is 32.2. The number of nitrogens with zero attached hydrogens (tertiary/aromatic N) is 4. The minimum atomic E-state index is -1.05. The van der Waals surface area contributed by atoms with Crippen molar-refractivity contribution in [2.45, 2.75) is 43.9 Å². The largest absolute Gasteiger partial charge is 0.387 e. The van der Waals surface area contributed by atoms with E-state index >= 15 is 0 Å². The normalized spacial score (nSPS) is 25.4. The lowest BCUT2D eigenvalue weighted by atomic mass is 10.1. The Bertz CT molecular complexity index is 954. The SMILES string of the molecule is CSC[C@H]1O[C@@H](n2cnc3c(NC(C)Cc4ccccc4)ncnc32)C(O)C1O. The number of rotatable bonds is 7. The number of fused-ring (bicyclic) bond motifs is 1. The molecule has 1 aliphatic heterocycles. The molecule has 9 heteroatoms. The van der Waals surface area contributed by atoms with Gasteiger partial charge in [-0.25, -0.2) is 15.0 Å². The summed E-state index contributed by atoms with van der Waals surface area (Å²) in [6.07, 6.45) is 2.65. The zero-order valence-corrected chi connectivity index (χ0v) is 17.2. The van der Waals surface area contributed by atoms with Crippen LogP contribution in [-0.4, -0.2) is 66.1 Å². The Labute approximate surface area is 173 Å². The molecule has 29 heavy (non-hydrogen) atoms. The number of nitrogens with one attached hydrogen (secondary N) is 1. The van der Waals surface area contributed by atoms with Gasteiger partial charge in [0.25, 0.3) is 0 Å². The molecule has 3 heterocycles. The molecule has 5 atom stereocenters. The van der Waals surface area contributed by atoms with Gasteiger partial charge in [-0.05, 0) is 25.2 Å². The first-order chi connectivity index (χ1) is 14.1. The maximum absolute atomic E-state index is 10.5. The minimum Gasteiger partial charge on any atom is -0.387 e. The number of benzene rings is 1. The van der Waals surface area contributed by atoms with Crippen molar-refractivity contribution in [3.8, 4) is 0 Å². The van der Waals surface area contributed by atoms with Crippen molar-refractivity contribution >= 4 is 28.7 Å². The number of thioether (sulfide) groups is 1. The average Bonchev–Trinajstić information content (AvgIpc) is 3.26. The van der Waals surface area contributed by atoms with Crippen LogP contribution in [0.1, 0.15) is 18.7 Å². The van der Waals surface area contributed by atoms with E-state index in [2.05, 4.69) is 39.3 Å². The average molecular weight is 416 g/mol. The highest BCUT2D eigenvalue weighted by Crippen LogP contribution is 2.33. The van der Waals surface area contributed by atoms with Crippen LogP contribution in [0.3, 0.4) is 0 Å². The summed E-state index contributed by atoms with van der Waals surface area (Å²) in [5, 5.41) is 24.2. The Balaban J connectivity index is 1.55. The van der Waals surface area contributed by atoms with Gasteiger partial charge in [-0.3, -0.25) is 4.57 Å². The van der Waals surface area contributed by atoms with Gasteiger partial charge in [-0.1, -0.05) is 30.3 Å². The van der Waals surface area contributed by atoms with Gasteiger partial charge in [0, 0.05) is 11.8 Å². The third-order valence-electron chi connectivity index (χ3n) is 5.07. The van der Waals surface area contributed by atoms with Gasteiger partial charge in [0.05, 0.1) is 12.4 Å². The fourth-order valence-electron chi connectivity index (χ4n) is 3.66. The van der Waals surface area contributed by atoms with E-state index in [9.17, 15) is 10.2 Å². The van der Waals surface area contributed by atoms with E-state index in [0.717, 1.165) is 6.42 Å². The van der Waals surface area contributed by atoms with Crippen molar-refractivity contribution in [2.24, 2.45) is 0 Å². The van der Waals surface area contributed by atoms with Crippen molar-refractivity contribution in [3.63, 3.8) is 0 Å². The summed E-state index contributed by atoms with van der Waals surface area (Å²) in [6.45, 7) is 2.09. The van der Waals surface area contributed by atoms with Gasteiger partial charge in [0.2, 0.25) is 0 Å². The van der Waals surface area contributed by atoms with Crippen LogP contribution in [0.15, 0.2) is 43.0 Å². The monoisotopic (exact) mass is 415 g/mol. The zero-order valence-electron chi connectivity index (χ0n) is 16.3. The Hall–Kier alpha value is -2.20. The van der Waals surface area contributed by atoms with E-state index in [4.69, 9.17) is 4.74 Å². The number of ether oxygens (including phenoxy) is 1. The van der Waals surface area contributed by atoms with E-state index in [0.29, 0.717) is 22.7 Å². The molecule has 1 fully saturated rings. The van der Waals surface area contributed by atoms with Gasteiger partial charge in [0.1, 0.15) is 18.5 Å². The van der Waals surface area contributed by atoms with Crippen LogP contribution < -0.4 is 5.32 Å². The summed E-state index contributed by atoms with van der Waals surface area (Å²) in [4.78, 5) is 13.1. The number of hydrogen-bond donors (Lipinski definition) is 3. The van der Waals surface area contributed by atoms with Crippen molar-refractivity contribution in [2.75, 3.05) is 17.3 Å². The van der Waals surface area contributed by atoms with Gasteiger partial charge in [-0.15, -0.1) is 0 Å². The molecule has 154 valence electrons. The Morgan fingerprint density at radius 3 is 2.72 bits per heavy atom. The maximum Gasteiger partial charge on any atom is 0.167 e. The highest BCUT2D eigenvalue weighted by Gasteiger charge is 2.44. The first-order valence-corrected chi connectivity index (χ1v) is 11.0.